The number of carboxylic acid groups (broad SMARTS) is 1. The summed E-state index contributed by atoms with van der Waals surface area (Å²) in [7, 11) is 0. The first-order valence-corrected chi connectivity index (χ1v) is 7.01. The highest BCUT2D eigenvalue weighted by atomic mass is 32.2. The van der Waals surface area contributed by atoms with Gasteiger partial charge in [0.15, 0.2) is 0 Å². The molecule has 0 saturated carbocycles. The minimum Gasteiger partial charge on any atom is -0.480 e. The van der Waals surface area contributed by atoms with Crippen molar-refractivity contribution < 1.29 is 14.7 Å². The summed E-state index contributed by atoms with van der Waals surface area (Å²) in [6.45, 7) is 0. The van der Waals surface area contributed by atoms with Crippen LogP contribution in [0.4, 0.5) is 0 Å². The van der Waals surface area contributed by atoms with E-state index in [1.54, 1.807) is 6.07 Å². The largest absolute Gasteiger partial charge is 0.480 e. The summed E-state index contributed by atoms with van der Waals surface area (Å²) in [6, 6.07) is 8.62. The number of thioether (sulfide) groups is 1. The number of carbonyl (C=O) groups is 2. The minimum atomic E-state index is -0.950. The Morgan fingerprint density at radius 3 is 2.89 bits per heavy atom. The van der Waals surface area contributed by atoms with Crippen LogP contribution in [0.15, 0.2) is 30.3 Å². The second-order valence-electron chi connectivity index (χ2n) is 4.40. The van der Waals surface area contributed by atoms with Gasteiger partial charge in [-0.25, -0.2) is 4.79 Å². The highest BCUT2D eigenvalue weighted by molar-refractivity contribution is 7.99. The lowest BCUT2D eigenvalue weighted by Crippen LogP contribution is -2.41. The summed E-state index contributed by atoms with van der Waals surface area (Å²) in [5.41, 5.74) is 1.32. The maximum absolute atomic E-state index is 12.3. The number of carboxylic acids is 1. The first-order valence-electron chi connectivity index (χ1n) is 5.86. The van der Waals surface area contributed by atoms with Crippen molar-refractivity contribution in [2.24, 2.45) is 0 Å². The predicted octanol–water partition coefficient (Wildman–Crippen LogP) is 1.77. The van der Waals surface area contributed by atoms with Gasteiger partial charge in [0.2, 0.25) is 0 Å². The van der Waals surface area contributed by atoms with Gasteiger partial charge in [-0.3, -0.25) is 4.79 Å². The maximum Gasteiger partial charge on any atom is 0.327 e. The van der Waals surface area contributed by atoms with Gasteiger partial charge in [-0.2, -0.15) is 0 Å². The predicted molar refractivity (Wildman–Crippen MR) is 73.2 cm³/mol. The average Bonchev–Trinajstić information content (AvgIpc) is 3.04. The molecule has 1 aromatic heterocycles. The first kappa shape index (κ1) is 12.1. The molecule has 5 nitrogen and oxygen atoms in total. The van der Waals surface area contributed by atoms with E-state index in [0.717, 1.165) is 10.9 Å². The Morgan fingerprint density at radius 1 is 1.37 bits per heavy atom. The van der Waals surface area contributed by atoms with Gasteiger partial charge in [0.25, 0.3) is 5.91 Å². The third-order valence-corrected chi connectivity index (χ3v) is 4.20. The van der Waals surface area contributed by atoms with E-state index < -0.39 is 12.0 Å². The van der Waals surface area contributed by atoms with Gasteiger partial charge in [-0.05, 0) is 12.1 Å². The summed E-state index contributed by atoms with van der Waals surface area (Å²) in [6.07, 6.45) is 0. The van der Waals surface area contributed by atoms with Crippen molar-refractivity contribution in [1.29, 1.82) is 0 Å². The third kappa shape index (κ3) is 2.08. The standard InChI is InChI=1S/C13H12N2O3S/c16-12(15-7-19-6-11(15)13(17)18)10-5-8-3-1-2-4-9(8)14-10/h1-5,11,14H,6-7H2,(H,17,18). The maximum atomic E-state index is 12.3. The number of benzene rings is 1. The monoisotopic (exact) mass is 276 g/mol. The number of nitrogens with zero attached hydrogens (tertiary/aromatic N) is 1. The van der Waals surface area contributed by atoms with Gasteiger partial charge in [0.1, 0.15) is 11.7 Å². The number of H-pyrrole nitrogens is 1. The van der Waals surface area contributed by atoms with Gasteiger partial charge in [0.05, 0.1) is 5.88 Å². The number of nitrogens with one attached hydrogen (secondary N) is 1. The molecule has 2 N–H and O–H groups in total. The molecule has 1 amide bonds. The smallest absolute Gasteiger partial charge is 0.327 e. The van der Waals surface area contributed by atoms with E-state index in [4.69, 9.17) is 5.11 Å². The highest BCUT2D eigenvalue weighted by Gasteiger charge is 2.35. The van der Waals surface area contributed by atoms with Gasteiger partial charge in [-0.15, -0.1) is 11.8 Å². The van der Waals surface area contributed by atoms with Gasteiger partial charge in [-0.1, -0.05) is 18.2 Å². The number of para-hydroxylation sites is 1. The van der Waals surface area contributed by atoms with Crippen molar-refractivity contribution in [3.05, 3.63) is 36.0 Å². The fraction of sp³-hybridized carbons (Fsp3) is 0.231. The van der Waals surface area contributed by atoms with Crippen LogP contribution in [0, 0.1) is 0 Å². The van der Waals surface area contributed by atoms with Crippen molar-refractivity contribution >= 4 is 34.5 Å². The Morgan fingerprint density at radius 2 is 2.16 bits per heavy atom. The molecule has 3 rings (SSSR count). The topological polar surface area (TPSA) is 73.4 Å². The van der Waals surface area contributed by atoms with Crippen LogP contribution >= 0.6 is 11.8 Å². The third-order valence-electron chi connectivity index (χ3n) is 3.19. The Balaban J connectivity index is 1.93. The summed E-state index contributed by atoms with van der Waals surface area (Å²) in [5, 5.41) is 10.1. The van der Waals surface area contributed by atoms with E-state index >= 15 is 0 Å². The minimum absolute atomic E-state index is 0.256. The Kier molecular flexibility index (Phi) is 2.94. The number of hydrogen-bond acceptors (Lipinski definition) is 3. The number of carbonyl (C=O) groups excluding carboxylic acids is 1. The summed E-state index contributed by atoms with van der Waals surface area (Å²) in [4.78, 5) is 27.9. The van der Waals surface area contributed by atoms with Crippen molar-refractivity contribution in [2.45, 2.75) is 6.04 Å². The molecule has 6 heteroatoms. The van der Waals surface area contributed by atoms with Crippen LogP contribution in [-0.2, 0) is 4.79 Å². The Hall–Kier alpha value is -1.95. The fourth-order valence-corrected chi connectivity index (χ4v) is 3.34. The van der Waals surface area contributed by atoms with Crippen LogP contribution in [-0.4, -0.2) is 44.5 Å². The molecule has 19 heavy (non-hydrogen) atoms. The first-order chi connectivity index (χ1) is 9.16. The number of rotatable bonds is 2. The number of aromatic nitrogens is 1. The molecule has 98 valence electrons. The average molecular weight is 276 g/mol. The van der Waals surface area contributed by atoms with Crippen molar-refractivity contribution in [2.75, 3.05) is 11.6 Å². The van der Waals surface area contributed by atoms with Crippen LogP contribution in [0.3, 0.4) is 0 Å². The molecule has 1 unspecified atom stereocenters. The van der Waals surface area contributed by atoms with Crippen molar-refractivity contribution in [1.82, 2.24) is 9.88 Å². The Labute approximate surface area is 113 Å². The molecule has 1 aromatic carbocycles. The van der Waals surface area contributed by atoms with Crippen LogP contribution in [0.5, 0.6) is 0 Å². The normalized spacial score (nSPS) is 18.9. The summed E-state index contributed by atoms with van der Waals surface area (Å²) >= 11 is 1.46. The fourth-order valence-electron chi connectivity index (χ4n) is 2.19. The lowest BCUT2D eigenvalue weighted by molar-refractivity contribution is -0.140. The van der Waals surface area contributed by atoms with Crippen LogP contribution in [0.2, 0.25) is 0 Å². The quantitative estimate of drug-likeness (QED) is 0.876. The van der Waals surface area contributed by atoms with Crippen molar-refractivity contribution in [3.8, 4) is 0 Å². The summed E-state index contributed by atoms with van der Waals surface area (Å²) < 4.78 is 0. The number of fused-ring (bicyclic) bond motifs is 1. The number of aromatic amines is 1. The molecule has 0 bridgehead atoms. The molecular formula is C13H12N2O3S. The lowest BCUT2D eigenvalue weighted by Gasteiger charge is -2.19. The number of amides is 1. The van der Waals surface area contributed by atoms with E-state index in [9.17, 15) is 9.59 Å². The van der Waals surface area contributed by atoms with Crippen molar-refractivity contribution in [3.63, 3.8) is 0 Å². The molecule has 1 aliphatic heterocycles. The Bertz CT molecular complexity index is 619. The molecule has 1 saturated heterocycles. The molecule has 1 fully saturated rings. The highest BCUT2D eigenvalue weighted by Crippen LogP contribution is 2.24. The van der Waals surface area contributed by atoms with Gasteiger partial charge < -0.3 is 15.0 Å². The zero-order valence-electron chi connectivity index (χ0n) is 10.00. The van der Waals surface area contributed by atoms with Gasteiger partial charge in [0, 0.05) is 16.7 Å². The SMILES string of the molecule is O=C(O)C1CSCN1C(=O)c1cc2ccccc2[nH]1. The zero-order valence-corrected chi connectivity index (χ0v) is 10.8. The van der Waals surface area contributed by atoms with E-state index in [1.165, 1.54) is 16.7 Å². The van der Waals surface area contributed by atoms with Crippen LogP contribution in [0.1, 0.15) is 10.5 Å². The summed E-state index contributed by atoms with van der Waals surface area (Å²) in [5.74, 6) is -0.338. The van der Waals surface area contributed by atoms with E-state index in [1.807, 2.05) is 24.3 Å². The zero-order chi connectivity index (χ0) is 13.4. The molecule has 0 aliphatic carbocycles. The molecule has 1 aliphatic rings. The van der Waals surface area contributed by atoms with Crippen LogP contribution < -0.4 is 0 Å². The van der Waals surface area contributed by atoms with Crippen LogP contribution in [0.25, 0.3) is 10.9 Å². The molecule has 0 radical (unpaired) electrons. The number of aliphatic carboxylic acids is 1. The van der Waals surface area contributed by atoms with E-state index in [-0.39, 0.29) is 5.91 Å². The number of hydrogen-bond donors (Lipinski definition) is 2. The van der Waals surface area contributed by atoms with E-state index in [2.05, 4.69) is 4.98 Å². The van der Waals surface area contributed by atoms with Gasteiger partial charge >= 0.3 is 5.97 Å². The lowest BCUT2D eigenvalue weighted by atomic mass is 10.2. The molecule has 2 heterocycles. The van der Waals surface area contributed by atoms with E-state index in [0.29, 0.717) is 17.3 Å². The molecule has 2 aromatic rings. The molecule has 0 spiro atoms. The second-order valence-corrected chi connectivity index (χ2v) is 5.40. The molecule has 1 atom stereocenters. The molecular weight excluding hydrogens is 264 g/mol. The second kappa shape index (κ2) is 4.62.